The minimum atomic E-state index is 1.18. The van der Waals surface area contributed by atoms with Crippen LogP contribution in [0.1, 0.15) is 0 Å². The maximum atomic E-state index is 4.66. The molecule has 0 saturated heterocycles. The summed E-state index contributed by atoms with van der Waals surface area (Å²) in [6.45, 7) is 0. The third kappa shape index (κ3) is 3.55. The molecule has 9 aromatic carbocycles. The van der Waals surface area contributed by atoms with Gasteiger partial charge in [0.2, 0.25) is 0 Å². The summed E-state index contributed by atoms with van der Waals surface area (Å²) in [4.78, 5) is 7.19. The maximum absolute atomic E-state index is 4.66. The number of nitrogens with zero attached hydrogens (tertiary/aromatic N) is 1. The normalized spacial score (nSPS) is 12.1. The van der Waals surface area contributed by atoms with Crippen LogP contribution >= 0.6 is 11.8 Å². The van der Waals surface area contributed by atoms with E-state index in [1.54, 1.807) is 0 Å². The van der Waals surface area contributed by atoms with Gasteiger partial charge in [0.25, 0.3) is 0 Å². The first kappa shape index (κ1) is 24.9. The van der Waals surface area contributed by atoms with E-state index >= 15 is 0 Å². The average molecular weight is 588 g/mol. The van der Waals surface area contributed by atoms with E-state index in [4.69, 9.17) is 0 Å². The molecule has 10 aromatic rings. The average Bonchev–Trinajstić information content (AvgIpc) is 3.11. The molecule has 208 valence electrons. The van der Waals surface area contributed by atoms with E-state index in [0.717, 1.165) is 0 Å². The van der Waals surface area contributed by atoms with Crippen molar-refractivity contribution in [3.05, 3.63) is 152 Å². The Hall–Kier alpha value is -5.44. The Morgan fingerprint density at radius 1 is 0.378 bits per heavy atom. The van der Waals surface area contributed by atoms with Crippen LogP contribution in [-0.2, 0) is 0 Å². The van der Waals surface area contributed by atoms with E-state index in [2.05, 4.69) is 151 Å². The van der Waals surface area contributed by atoms with E-state index < -0.39 is 0 Å². The first-order chi connectivity index (χ1) is 22.3. The molecular weight excluding hydrogens is 563 g/mol. The Bertz CT molecular complexity index is 2680. The van der Waals surface area contributed by atoms with Crippen LogP contribution in [0.3, 0.4) is 0 Å². The minimum absolute atomic E-state index is 1.18. The van der Waals surface area contributed by atoms with Crippen molar-refractivity contribution in [1.29, 1.82) is 0 Å². The van der Waals surface area contributed by atoms with Gasteiger partial charge in [0.15, 0.2) is 0 Å². The van der Waals surface area contributed by atoms with E-state index in [1.165, 1.54) is 96.3 Å². The van der Waals surface area contributed by atoms with E-state index in [9.17, 15) is 0 Å². The number of fused-ring (bicyclic) bond motifs is 5. The molecule has 0 radical (unpaired) electrons. The van der Waals surface area contributed by atoms with Gasteiger partial charge in [-0.2, -0.15) is 0 Å². The molecule has 0 saturated carbocycles. The number of aromatic nitrogens is 1. The van der Waals surface area contributed by atoms with Crippen molar-refractivity contribution in [2.24, 2.45) is 0 Å². The van der Waals surface area contributed by atoms with Gasteiger partial charge in [0.1, 0.15) is 0 Å². The Morgan fingerprint density at radius 2 is 0.956 bits per heavy atom. The monoisotopic (exact) mass is 587 g/mol. The van der Waals surface area contributed by atoms with Gasteiger partial charge in [0.05, 0.1) is 0 Å². The molecule has 0 aliphatic carbocycles. The lowest BCUT2D eigenvalue weighted by atomic mass is 9.90. The lowest BCUT2D eigenvalue weighted by molar-refractivity contribution is 1.36. The highest BCUT2D eigenvalue weighted by Crippen LogP contribution is 2.49. The van der Waals surface area contributed by atoms with Crippen molar-refractivity contribution in [2.75, 3.05) is 0 Å². The van der Waals surface area contributed by atoms with Gasteiger partial charge in [-0.1, -0.05) is 139 Å². The van der Waals surface area contributed by atoms with Crippen LogP contribution in [-0.4, -0.2) is 4.98 Å². The van der Waals surface area contributed by atoms with Gasteiger partial charge < -0.3 is 0 Å². The first-order valence-corrected chi connectivity index (χ1v) is 16.2. The van der Waals surface area contributed by atoms with Gasteiger partial charge in [-0.3, -0.25) is 4.98 Å². The SMILES string of the molecule is c1ccc2c(-c3c4ccccc4c(Sc4ccc5c6cccc7cccc(c8cccc4c85)c76)c4ccncc34)cccc2c1. The van der Waals surface area contributed by atoms with Gasteiger partial charge in [-0.05, 0) is 93.3 Å². The first-order valence-electron chi connectivity index (χ1n) is 15.4. The Morgan fingerprint density at radius 3 is 1.80 bits per heavy atom. The van der Waals surface area contributed by atoms with Gasteiger partial charge >= 0.3 is 0 Å². The highest BCUT2D eigenvalue weighted by atomic mass is 32.2. The smallest absolute Gasteiger partial charge is 0.0353 e. The van der Waals surface area contributed by atoms with Crippen LogP contribution in [0, 0.1) is 0 Å². The molecule has 0 aliphatic rings. The molecule has 1 heterocycles. The number of benzene rings is 9. The fourth-order valence-corrected chi connectivity index (χ4v) is 8.85. The molecular formula is C43H25NS. The van der Waals surface area contributed by atoms with Crippen molar-refractivity contribution in [3.8, 4) is 11.1 Å². The molecule has 2 heteroatoms. The zero-order chi connectivity index (χ0) is 29.5. The van der Waals surface area contributed by atoms with Crippen LogP contribution in [0.2, 0.25) is 0 Å². The van der Waals surface area contributed by atoms with Crippen molar-refractivity contribution in [3.63, 3.8) is 0 Å². The Labute approximate surface area is 264 Å². The number of rotatable bonds is 3. The fourth-order valence-electron chi connectivity index (χ4n) is 7.64. The molecule has 0 unspecified atom stereocenters. The molecule has 0 amide bonds. The summed E-state index contributed by atoms with van der Waals surface area (Å²) in [5.74, 6) is 0. The molecule has 1 aromatic heterocycles. The predicted molar refractivity (Wildman–Crippen MR) is 194 cm³/mol. The summed E-state index contributed by atoms with van der Waals surface area (Å²) in [7, 11) is 0. The minimum Gasteiger partial charge on any atom is -0.264 e. The van der Waals surface area contributed by atoms with Gasteiger partial charge in [-0.15, -0.1) is 0 Å². The van der Waals surface area contributed by atoms with E-state index in [1.807, 2.05) is 18.0 Å². The predicted octanol–water partition coefficient (Wildman–Crippen LogP) is 12.4. The zero-order valence-corrected chi connectivity index (χ0v) is 25.1. The van der Waals surface area contributed by atoms with E-state index in [-0.39, 0.29) is 0 Å². The Kier molecular flexibility index (Phi) is 5.28. The van der Waals surface area contributed by atoms with Crippen LogP contribution in [0.4, 0.5) is 0 Å². The molecule has 10 rings (SSSR count). The summed E-state index contributed by atoms with van der Waals surface area (Å²) < 4.78 is 0. The summed E-state index contributed by atoms with van der Waals surface area (Å²) in [5.41, 5.74) is 2.49. The van der Waals surface area contributed by atoms with Crippen molar-refractivity contribution >= 4 is 87.2 Å². The second-order valence-corrected chi connectivity index (χ2v) is 12.9. The summed E-state index contributed by atoms with van der Waals surface area (Å²) in [5, 5.41) is 18.0. The molecule has 45 heavy (non-hydrogen) atoms. The van der Waals surface area contributed by atoms with E-state index in [0.29, 0.717) is 0 Å². The van der Waals surface area contributed by atoms with Crippen molar-refractivity contribution < 1.29 is 0 Å². The number of hydrogen-bond donors (Lipinski definition) is 0. The summed E-state index contributed by atoms with van der Waals surface area (Å²) in [6, 6.07) is 51.3. The van der Waals surface area contributed by atoms with Crippen LogP contribution in [0.15, 0.2) is 162 Å². The molecule has 1 nitrogen and oxygen atoms in total. The highest BCUT2D eigenvalue weighted by molar-refractivity contribution is 8.00. The molecule has 0 spiro atoms. The topological polar surface area (TPSA) is 12.9 Å². The van der Waals surface area contributed by atoms with Gasteiger partial charge in [-0.25, -0.2) is 0 Å². The second kappa shape index (κ2) is 9.53. The highest BCUT2D eigenvalue weighted by Gasteiger charge is 2.20. The van der Waals surface area contributed by atoms with Crippen LogP contribution < -0.4 is 0 Å². The summed E-state index contributed by atoms with van der Waals surface area (Å²) >= 11 is 1.88. The van der Waals surface area contributed by atoms with Crippen molar-refractivity contribution in [1.82, 2.24) is 4.98 Å². The van der Waals surface area contributed by atoms with Crippen LogP contribution in [0.25, 0.3) is 86.5 Å². The third-order valence-electron chi connectivity index (χ3n) is 9.53. The maximum Gasteiger partial charge on any atom is 0.0353 e. The third-order valence-corrected chi connectivity index (χ3v) is 10.8. The largest absolute Gasteiger partial charge is 0.264 e. The van der Waals surface area contributed by atoms with Crippen molar-refractivity contribution in [2.45, 2.75) is 9.79 Å². The molecule has 0 N–H and O–H groups in total. The van der Waals surface area contributed by atoms with Crippen LogP contribution in [0.5, 0.6) is 0 Å². The fraction of sp³-hybridized carbons (Fsp3) is 0. The molecule has 0 fully saturated rings. The lowest BCUT2D eigenvalue weighted by Gasteiger charge is -2.19. The standard InChI is InChI=1S/C43H25NS/c1-2-13-28-26(9-1)10-5-16-29(28)42-33-14-3-4-15-35(33)43(36-23-24-44-25-38(36)42)45-39-22-21-34-31-18-7-12-27-11-6-17-30(40(27)31)32-19-8-20-37(39)41(32)34/h1-25H. The van der Waals surface area contributed by atoms with Gasteiger partial charge in [0, 0.05) is 27.6 Å². The molecule has 0 atom stereocenters. The quantitative estimate of drug-likeness (QED) is 0.151. The molecule has 0 bridgehead atoms. The Balaban J connectivity index is 1.27. The lowest BCUT2D eigenvalue weighted by Crippen LogP contribution is -1.92. The number of pyridine rings is 1. The molecule has 0 aliphatic heterocycles. The second-order valence-electron chi connectivity index (χ2n) is 11.8. The number of hydrogen-bond acceptors (Lipinski definition) is 2. The summed E-state index contributed by atoms with van der Waals surface area (Å²) in [6.07, 6.45) is 3.99. The zero-order valence-electron chi connectivity index (χ0n) is 24.3.